The molecule has 0 bridgehead atoms. The SMILES string of the molecule is C=CC(=O)N(CCC)CC1Cc2ccccc2O1. The van der Waals surface area contributed by atoms with Gasteiger partial charge < -0.3 is 9.64 Å². The number of hydrogen-bond acceptors (Lipinski definition) is 2. The maximum Gasteiger partial charge on any atom is 0.246 e. The van der Waals surface area contributed by atoms with Gasteiger partial charge in [0, 0.05) is 13.0 Å². The van der Waals surface area contributed by atoms with Gasteiger partial charge in [0.1, 0.15) is 11.9 Å². The second-order valence-electron chi connectivity index (χ2n) is 4.54. The molecule has 0 aliphatic carbocycles. The van der Waals surface area contributed by atoms with Crippen molar-refractivity contribution in [3.05, 3.63) is 42.5 Å². The lowest BCUT2D eigenvalue weighted by Gasteiger charge is -2.23. The normalized spacial score (nSPS) is 16.8. The Kier molecular flexibility index (Phi) is 4.03. The van der Waals surface area contributed by atoms with Crippen molar-refractivity contribution >= 4 is 5.91 Å². The first-order valence-electron chi connectivity index (χ1n) is 6.40. The summed E-state index contributed by atoms with van der Waals surface area (Å²) in [4.78, 5) is 13.5. The summed E-state index contributed by atoms with van der Waals surface area (Å²) < 4.78 is 5.85. The zero-order chi connectivity index (χ0) is 13.0. The van der Waals surface area contributed by atoms with E-state index in [-0.39, 0.29) is 12.0 Å². The van der Waals surface area contributed by atoms with E-state index in [1.54, 1.807) is 0 Å². The van der Waals surface area contributed by atoms with Gasteiger partial charge in [-0.25, -0.2) is 0 Å². The van der Waals surface area contributed by atoms with Crippen molar-refractivity contribution in [1.29, 1.82) is 0 Å². The summed E-state index contributed by atoms with van der Waals surface area (Å²) in [5.41, 5.74) is 1.23. The molecule has 0 N–H and O–H groups in total. The van der Waals surface area contributed by atoms with Crippen molar-refractivity contribution in [2.75, 3.05) is 13.1 Å². The zero-order valence-corrected chi connectivity index (χ0v) is 10.8. The molecule has 0 saturated heterocycles. The van der Waals surface area contributed by atoms with Crippen molar-refractivity contribution < 1.29 is 9.53 Å². The number of hydrogen-bond donors (Lipinski definition) is 0. The summed E-state index contributed by atoms with van der Waals surface area (Å²) in [5, 5.41) is 0. The molecule has 1 aromatic carbocycles. The van der Waals surface area contributed by atoms with Crippen LogP contribution in [0.1, 0.15) is 18.9 Å². The molecule has 96 valence electrons. The number of benzene rings is 1. The molecule has 0 aromatic heterocycles. The quantitative estimate of drug-likeness (QED) is 0.746. The summed E-state index contributed by atoms with van der Waals surface area (Å²) in [6, 6.07) is 8.05. The van der Waals surface area contributed by atoms with E-state index in [9.17, 15) is 4.79 Å². The molecule has 1 aromatic rings. The summed E-state index contributed by atoms with van der Waals surface area (Å²) in [7, 11) is 0. The van der Waals surface area contributed by atoms with Crippen LogP contribution in [0, 0.1) is 0 Å². The third kappa shape index (κ3) is 2.73. The van der Waals surface area contributed by atoms with Gasteiger partial charge in [0.2, 0.25) is 5.91 Å². The fourth-order valence-corrected chi connectivity index (χ4v) is 2.29. The fraction of sp³-hybridized carbons (Fsp3) is 0.400. The van der Waals surface area contributed by atoms with Crippen LogP contribution in [0.5, 0.6) is 5.75 Å². The Hall–Kier alpha value is -1.77. The van der Waals surface area contributed by atoms with Crippen LogP contribution in [0.25, 0.3) is 0 Å². The van der Waals surface area contributed by atoms with Crippen molar-refractivity contribution in [3.63, 3.8) is 0 Å². The fourth-order valence-electron chi connectivity index (χ4n) is 2.29. The molecule has 0 radical (unpaired) electrons. The monoisotopic (exact) mass is 245 g/mol. The summed E-state index contributed by atoms with van der Waals surface area (Å²) in [5.74, 6) is 0.932. The van der Waals surface area contributed by atoms with Crippen LogP contribution >= 0.6 is 0 Å². The van der Waals surface area contributed by atoms with Gasteiger partial charge in [0.05, 0.1) is 6.54 Å². The molecule has 1 amide bonds. The number of amides is 1. The molecular formula is C15H19NO2. The van der Waals surface area contributed by atoms with Crippen LogP contribution in [0.4, 0.5) is 0 Å². The average Bonchev–Trinajstić information content (AvgIpc) is 2.79. The first-order valence-corrected chi connectivity index (χ1v) is 6.40. The number of nitrogens with zero attached hydrogens (tertiary/aromatic N) is 1. The van der Waals surface area contributed by atoms with E-state index in [2.05, 4.69) is 19.6 Å². The first kappa shape index (κ1) is 12.7. The molecule has 18 heavy (non-hydrogen) atoms. The Morgan fingerprint density at radius 1 is 1.56 bits per heavy atom. The number of carbonyl (C=O) groups excluding carboxylic acids is 1. The van der Waals surface area contributed by atoms with Crippen LogP contribution in [0.3, 0.4) is 0 Å². The molecule has 2 rings (SSSR count). The van der Waals surface area contributed by atoms with Crippen LogP contribution in [0.15, 0.2) is 36.9 Å². The lowest BCUT2D eigenvalue weighted by atomic mass is 10.1. The highest BCUT2D eigenvalue weighted by molar-refractivity contribution is 5.87. The summed E-state index contributed by atoms with van der Waals surface area (Å²) in [6.07, 6.45) is 3.26. The minimum absolute atomic E-state index is 0.0172. The maximum absolute atomic E-state index is 11.7. The molecule has 0 saturated carbocycles. The summed E-state index contributed by atoms with van der Waals surface area (Å²) in [6.45, 7) is 6.99. The first-order chi connectivity index (χ1) is 8.74. The van der Waals surface area contributed by atoms with E-state index >= 15 is 0 Å². The van der Waals surface area contributed by atoms with Gasteiger partial charge in [-0.3, -0.25) is 4.79 Å². The molecular weight excluding hydrogens is 226 g/mol. The molecule has 3 heteroatoms. The molecule has 1 atom stereocenters. The Morgan fingerprint density at radius 2 is 2.33 bits per heavy atom. The van der Waals surface area contributed by atoms with Crippen LogP contribution in [-0.4, -0.2) is 30.0 Å². The highest BCUT2D eigenvalue weighted by atomic mass is 16.5. The zero-order valence-electron chi connectivity index (χ0n) is 10.8. The third-order valence-electron chi connectivity index (χ3n) is 3.12. The standard InChI is InChI=1S/C15H19NO2/c1-3-9-16(15(17)4-2)11-13-10-12-7-5-6-8-14(12)18-13/h4-8,13H,2-3,9-11H2,1H3. The maximum atomic E-state index is 11.7. The Labute approximate surface area is 108 Å². The second-order valence-corrected chi connectivity index (χ2v) is 4.54. The van der Waals surface area contributed by atoms with Gasteiger partial charge in [0.25, 0.3) is 0 Å². The number of carbonyl (C=O) groups is 1. The average molecular weight is 245 g/mol. The van der Waals surface area contributed by atoms with Gasteiger partial charge in [-0.1, -0.05) is 31.7 Å². The Balaban J connectivity index is 1.98. The van der Waals surface area contributed by atoms with Gasteiger partial charge in [-0.15, -0.1) is 0 Å². The lowest BCUT2D eigenvalue weighted by Crippen LogP contribution is -2.38. The van der Waals surface area contributed by atoms with Crippen molar-refractivity contribution in [1.82, 2.24) is 4.90 Å². The molecule has 1 aliphatic rings. The largest absolute Gasteiger partial charge is 0.488 e. The number of rotatable bonds is 5. The minimum atomic E-state index is -0.0172. The summed E-state index contributed by atoms with van der Waals surface area (Å²) >= 11 is 0. The van der Waals surface area contributed by atoms with E-state index in [1.807, 2.05) is 23.1 Å². The van der Waals surface area contributed by atoms with Gasteiger partial charge in [-0.05, 0) is 24.1 Å². The smallest absolute Gasteiger partial charge is 0.246 e. The van der Waals surface area contributed by atoms with E-state index < -0.39 is 0 Å². The Morgan fingerprint density at radius 3 is 3.00 bits per heavy atom. The van der Waals surface area contributed by atoms with Gasteiger partial charge in [0.15, 0.2) is 0 Å². The highest BCUT2D eigenvalue weighted by Gasteiger charge is 2.25. The van der Waals surface area contributed by atoms with E-state index in [0.717, 1.165) is 25.1 Å². The van der Waals surface area contributed by atoms with Crippen LogP contribution < -0.4 is 4.74 Å². The molecule has 0 spiro atoms. The second kappa shape index (κ2) is 5.71. The molecule has 3 nitrogen and oxygen atoms in total. The predicted octanol–water partition coefficient (Wildman–Crippen LogP) is 2.41. The molecule has 0 fully saturated rings. The van der Waals surface area contributed by atoms with E-state index in [0.29, 0.717) is 6.54 Å². The number of para-hydroxylation sites is 1. The Bertz CT molecular complexity index is 417. The van der Waals surface area contributed by atoms with Crippen LogP contribution in [0.2, 0.25) is 0 Å². The minimum Gasteiger partial charge on any atom is -0.488 e. The van der Waals surface area contributed by atoms with Gasteiger partial charge in [-0.2, -0.15) is 0 Å². The molecule has 1 heterocycles. The molecule has 1 unspecified atom stereocenters. The predicted molar refractivity (Wildman–Crippen MR) is 71.6 cm³/mol. The van der Waals surface area contributed by atoms with E-state index in [1.165, 1.54) is 11.6 Å². The topological polar surface area (TPSA) is 29.5 Å². The number of ether oxygens (including phenoxy) is 1. The van der Waals surface area contributed by atoms with Crippen molar-refractivity contribution in [2.45, 2.75) is 25.9 Å². The van der Waals surface area contributed by atoms with Crippen molar-refractivity contribution in [3.8, 4) is 5.75 Å². The van der Waals surface area contributed by atoms with Gasteiger partial charge >= 0.3 is 0 Å². The van der Waals surface area contributed by atoms with Crippen LogP contribution in [-0.2, 0) is 11.2 Å². The molecule has 1 aliphatic heterocycles. The third-order valence-corrected chi connectivity index (χ3v) is 3.12. The van der Waals surface area contributed by atoms with E-state index in [4.69, 9.17) is 4.74 Å². The van der Waals surface area contributed by atoms with Crippen molar-refractivity contribution in [2.24, 2.45) is 0 Å². The lowest BCUT2D eigenvalue weighted by molar-refractivity contribution is -0.127. The highest BCUT2D eigenvalue weighted by Crippen LogP contribution is 2.28. The number of fused-ring (bicyclic) bond motifs is 1.